The van der Waals surface area contributed by atoms with Gasteiger partial charge in [0.25, 0.3) is 0 Å². The first kappa shape index (κ1) is 16.8. The average Bonchev–Trinajstić information content (AvgIpc) is 2.32. The van der Waals surface area contributed by atoms with Gasteiger partial charge in [-0.25, -0.2) is 0 Å². The van der Waals surface area contributed by atoms with Crippen molar-refractivity contribution in [1.29, 1.82) is 0 Å². The zero-order chi connectivity index (χ0) is 13.3. The van der Waals surface area contributed by atoms with E-state index in [4.69, 9.17) is 5.73 Å². The maximum absolute atomic E-state index is 11.7. The van der Waals surface area contributed by atoms with Crippen LogP contribution in [0.25, 0.3) is 0 Å². The number of hydrogen-bond acceptors (Lipinski definition) is 3. The smallest absolute Gasteiger partial charge is 0.221 e. The Morgan fingerprint density at radius 3 is 2.35 bits per heavy atom. The second-order valence-electron chi connectivity index (χ2n) is 4.62. The topological polar surface area (TPSA) is 55.1 Å². The summed E-state index contributed by atoms with van der Waals surface area (Å²) in [7, 11) is 0. The van der Waals surface area contributed by atoms with Crippen LogP contribution in [0.15, 0.2) is 0 Å². The number of thioether (sulfide) groups is 1. The first-order valence-corrected chi connectivity index (χ1v) is 7.83. The summed E-state index contributed by atoms with van der Waals surface area (Å²) >= 11 is 1.84. The van der Waals surface area contributed by atoms with Gasteiger partial charge in [-0.2, -0.15) is 11.8 Å². The highest BCUT2D eigenvalue weighted by Crippen LogP contribution is 2.29. The van der Waals surface area contributed by atoms with Gasteiger partial charge in [0.05, 0.1) is 0 Å². The third-order valence-corrected chi connectivity index (χ3v) is 5.02. The minimum Gasteiger partial charge on any atom is -0.355 e. The Kier molecular flexibility index (Phi) is 8.70. The Labute approximate surface area is 110 Å². The fourth-order valence-electron chi connectivity index (χ4n) is 1.90. The van der Waals surface area contributed by atoms with E-state index in [2.05, 4.69) is 32.3 Å². The van der Waals surface area contributed by atoms with E-state index in [1.807, 2.05) is 11.8 Å². The Morgan fingerprint density at radius 2 is 1.94 bits per heavy atom. The van der Waals surface area contributed by atoms with Crippen molar-refractivity contribution in [1.82, 2.24) is 5.32 Å². The molecule has 0 aromatic rings. The van der Waals surface area contributed by atoms with Gasteiger partial charge in [-0.3, -0.25) is 4.79 Å². The lowest BCUT2D eigenvalue weighted by Crippen LogP contribution is -2.41. The van der Waals surface area contributed by atoms with Crippen LogP contribution < -0.4 is 11.1 Å². The zero-order valence-electron chi connectivity index (χ0n) is 11.7. The standard InChI is InChI=1S/C13H28N2OS/c1-5-8-11(14)9-12(16)15-10-13(6-2,7-3)17-4/h11H,5-10,14H2,1-4H3,(H,15,16). The molecular formula is C13H28N2OS. The Bertz CT molecular complexity index is 209. The van der Waals surface area contributed by atoms with Crippen LogP contribution in [-0.4, -0.2) is 29.5 Å². The molecule has 0 radical (unpaired) electrons. The van der Waals surface area contributed by atoms with Crippen molar-refractivity contribution in [3.8, 4) is 0 Å². The molecule has 0 aliphatic carbocycles. The molecule has 3 N–H and O–H groups in total. The van der Waals surface area contributed by atoms with Gasteiger partial charge < -0.3 is 11.1 Å². The number of carbonyl (C=O) groups excluding carboxylic acids is 1. The fourth-order valence-corrected chi connectivity index (χ4v) is 2.70. The fraction of sp³-hybridized carbons (Fsp3) is 0.923. The van der Waals surface area contributed by atoms with E-state index >= 15 is 0 Å². The summed E-state index contributed by atoms with van der Waals surface area (Å²) in [6.45, 7) is 7.19. The molecule has 3 nitrogen and oxygen atoms in total. The highest BCUT2D eigenvalue weighted by molar-refractivity contribution is 8.00. The summed E-state index contributed by atoms with van der Waals surface area (Å²) in [6.07, 6.45) is 6.67. The molecule has 0 spiro atoms. The number of rotatable bonds is 9. The molecule has 1 atom stereocenters. The van der Waals surface area contributed by atoms with Gasteiger partial charge in [0.1, 0.15) is 0 Å². The molecule has 1 unspecified atom stereocenters. The van der Waals surface area contributed by atoms with Crippen LogP contribution in [0.4, 0.5) is 0 Å². The van der Waals surface area contributed by atoms with Crippen molar-refractivity contribution in [2.75, 3.05) is 12.8 Å². The molecule has 0 aromatic heterocycles. The molecule has 17 heavy (non-hydrogen) atoms. The number of amides is 1. The largest absolute Gasteiger partial charge is 0.355 e. The molecule has 0 aromatic carbocycles. The van der Waals surface area contributed by atoms with Gasteiger partial charge in [-0.15, -0.1) is 0 Å². The molecule has 102 valence electrons. The minimum atomic E-state index is 0.00642. The lowest BCUT2D eigenvalue weighted by molar-refractivity contribution is -0.121. The number of nitrogens with one attached hydrogen (secondary N) is 1. The Morgan fingerprint density at radius 1 is 1.35 bits per heavy atom. The van der Waals surface area contributed by atoms with Crippen LogP contribution in [0.3, 0.4) is 0 Å². The molecule has 1 amide bonds. The average molecular weight is 260 g/mol. The highest BCUT2D eigenvalue weighted by atomic mass is 32.2. The minimum absolute atomic E-state index is 0.00642. The van der Waals surface area contributed by atoms with Crippen molar-refractivity contribution in [2.45, 2.75) is 63.7 Å². The van der Waals surface area contributed by atoms with E-state index in [0.29, 0.717) is 6.42 Å². The summed E-state index contributed by atoms with van der Waals surface area (Å²) in [5, 5.41) is 3.03. The van der Waals surface area contributed by atoms with Crippen molar-refractivity contribution in [2.24, 2.45) is 5.73 Å². The first-order chi connectivity index (χ1) is 8.03. The van der Waals surface area contributed by atoms with E-state index in [0.717, 1.165) is 32.2 Å². The number of nitrogens with two attached hydrogens (primary N) is 1. The van der Waals surface area contributed by atoms with E-state index in [1.54, 1.807) is 0 Å². The SMILES string of the molecule is CCCC(N)CC(=O)NCC(CC)(CC)SC. The quantitative estimate of drug-likeness (QED) is 0.670. The van der Waals surface area contributed by atoms with Gasteiger partial charge in [0.15, 0.2) is 0 Å². The summed E-state index contributed by atoms with van der Waals surface area (Å²) < 4.78 is 0.185. The predicted molar refractivity (Wildman–Crippen MR) is 77.3 cm³/mol. The first-order valence-electron chi connectivity index (χ1n) is 6.61. The van der Waals surface area contributed by atoms with Crippen LogP contribution in [-0.2, 0) is 4.79 Å². The predicted octanol–water partition coefficient (Wildman–Crippen LogP) is 2.54. The van der Waals surface area contributed by atoms with E-state index in [1.165, 1.54) is 0 Å². The van der Waals surface area contributed by atoms with Crippen LogP contribution >= 0.6 is 11.8 Å². The Hall–Kier alpha value is -0.220. The zero-order valence-corrected chi connectivity index (χ0v) is 12.5. The molecule has 0 heterocycles. The normalized spacial score (nSPS) is 13.5. The summed E-state index contributed by atoms with van der Waals surface area (Å²) in [6, 6.07) is 0.00642. The van der Waals surface area contributed by atoms with Gasteiger partial charge in [-0.1, -0.05) is 27.2 Å². The van der Waals surface area contributed by atoms with Gasteiger partial charge in [0.2, 0.25) is 5.91 Å². The van der Waals surface area contributed by atoms with Crippen LogP contribution in [0.1, 0.15) is 52.9 Å². The van der Waals surface area contributed by atoms with Crippen LogP contribution in [0.5, 0.6) is 0 Å². The molecule has 0 bridgehead atoms. The highest BCUT2D eigenvalue weighted by Gasteiger charge is 2.25. The molecular weight excluding hydrogens is 232 g/mol. The lowest BCUT2D eigenvalue weighted by Gasteiger charge is -2.30. The van der Waals surface area contributed by atoms with E-state index in [-0.39, 0.29) is 16.7 Å². The van der Waals surface area contributed by atoms with Crippen molar-refractivity contribution >= 4 is 17.7 Å². The molecule has 0 aliphatic heterocycles. The summed E-state index contributed by atoms with van der Waals surface area (Å²) in [5.74, 6) is 0.0891. The molecule has 0 fully saturated rings. The second kappa shape index (κ2) is 8.81. The van der Waals surface area contributed by atoms with Crippen LogP contribution in [0.2, 0.25) is 0 Å². The maximum atomic E-state index is 11.7. The monoisotopic (exact) mass is 260 g/mol. The Balaban J connectivity index is 4.04. The van der Waals surface area contributed by atoms with Crippen molar-refractivity contribution in [3.05, 3.63) is 0 Å². The molecule has 0 saturated carbocycles. The maximum Gasteiger partial charge on any atom is 0.221 e. The van der Waals surface area contributed by atoms with Gasteiger partial charge in [0, 0.05) is 23.8 Å². The van der Waals surface area contributed by atoms with Gasteiger partial charge >= 0.3 is 0 Å². The van der Waals surface area contributed by atoms with E-state index < -0.39 is 0 Å². The molecule has 0 aliphatic rings. The summed E-state index contributed by atoms with van der Waals surface area (Å²) in [5.41, 5.74) is 5.86. The van der Waals surface area contributed by atoms with Crippen LogP contribution in [0, 0.1) is 0 Å². The molecule has 4 heteroatoms. The third-order valence-electron chi connectivity index (χ3n) is 3.44. The summed E-state index contributed by atoms with van der Waals surface area (Å²) in [4.78, 5) is 11.7. The number of hydrogen-bond donors (Lipinski definition) is 2. The second-order valence-corrected chi connectivity index (χ2v) is 5.90. The lowest BCUT2D eigenvalue weighted by atomic mass is 10.0. The van der Waals surface area contributed by atoms with Crippen molar-refractivity contribution in [3.63, 3.8) is 0 Å². The molecule has 0 rings (SSSR count). The number of carbonyl (C=O) groups is 1. The van der Waals surface area contributed by atoms with Gasteiger partial charge in [-0.05, 0) is 25.5 Å². The molecule has 0 saturated heterocycles. The van der Waals surface area contributed by atoms with E-state index in [9.17, 15) is 4.79 Å². The third kappa shape index (κ3) is 6.32. The van der Waals surface area contributed by atoms with Crippen molar-refractivity contribution < 1.29 is 4.79 Å².